The summed E-state index contributed by atoms with van der Waals surface area (Å²) in [6.45, 7) is 0. The third-order valence-corrected chi connectivity index (χ3v) is 13.6. The Bertz CT molecular complexity index is 69.1. The third kappa shape index (κ3) is 11.1. The Morgan fingerprint density at radius 3 is 2.20 bits per heavy atom. The van der Waals surface area contributed by atoms with Gasteiger partial charge < -0.3 is 0 Å². The molecule has 0 aromatic heterocycles. The van der Waals surface area contributed by atoms with Gasteiger partial charge in [-0.05, 0) is 0 Å². The van der Waals surface area contributed by atoms with Gasteiger partial charge in [-0.15, -0.1) is 0 Å². The van der Waals surface area contributed by atoms with Gasteiger partial charge in [-0.3, -0.25) is 0 Å². The Kier molecular flexibility index (Phi) is 15.8. The summed E-state index contributed by atoms with van der Waals surface area (Å²) in [5.41, 5.74) is 1.66. The average molecular weight is 300 g/mol. The topological polar surface area (TPSA) is 0 Å². The zero-order chi connectivity index (χ0) is 7.66. The second-order valence-electron chi connectivity index (χ2n) is 0.607. The Balaban J connectivity index is 2.70. The molecule has 0 fully saturated rings. The van der Waals surface area contributed by atoms with E-state index in [1.54, 1.807) is 65.2 Å². The predicted molar refractivity (Wildman–Crippen MR) is 75.5 cm³/mol. The van der Waals surface area contributed by atoms with Gasteiger partial charge in [0.15, 0.2) is 0 Å². The van der Waals surface area contributed by atoms with Crippen molar-refractivity contribution in [3.05, 3.63) is 0 Å². The first-order chi connectivity index (χ1) is 4.91. The molecule has 0 N–H and O–H groups in total. The van der Waals surface area contributed by atoms with Crippen LogP contribution in [-0.4, -0.2) is 5.43 Å². The Hall–Kier alpha value is 3.08. The Morgan fingerprint density at radius 2 is 1.60 bits per heavy atom. The standard InChI is InChI=1S/BHS9/c2-1-4-6-8-10-9-7-5-3/h3H. The van der Waals surface area contributed by atoms with E-state index in [9.17, 15) is 0 Å². The van der Waals surface area contributed by atoms with Gasteiger partial charge in [-0.25, -0.2) is 0 Å². The van der Waals surface area contributed by atoms with Crippen molar-refractivity contribution in [2.24, 2.45) is 0 Å². The molecule has 10 heteroatoms. The molecule has 0 saturated heterocycles. The van der Waals surface area contributed by atoms with E-state index in [1.165, 1.54) is 9.83 Å². The van der Waals surface area contributed by atoms with E-state index in [1.807, 2.05) is 0 Å². The molecule has 0 saturated carbocycles. The van der Waals surface area contributed by atoms with Crippen molar-refractivity contribution in [1.29, 1.82) is 0 Å². The molecule has 0 aliphatic rings. The summed E-state index contributed by atoms with van der Waals surface area (Å²) < 4.78 is 0. The van der Waals surface area contributed by atoms with Gasteiger partial charge >= 0.3 is 98.8 Å². The van der Waals surface area contributed by atoms with Crippen LogP contribution in [0.3, 0.4) is 0 Å². The van der Waals surface area contributed by atoms with Crippen LogP contribution >= 0.6 is 93.3 Å². The van der Waals surface area contributed by atoms with Crippen LogP contribution in [0.15, 0.2) is 0 Å². The van der Waals surface area contributed by atoms with Crippen LogP contribution in [0.2, 0.25) is 0 Å². The van der Waals surface area contributed by atoms with Gasteiger partial charge in [-0.2, -0.15) is 0 Å². The van der Waals surface area contributed by atoms with E-state index in [0.717, 1.165) is 0 Å². The first-order valence-electron chi connectivity index (χ1n) is 1.65. The molecule has 10 heavy (non-hydrogen) atoms. The van der Waals surface area contributed by atoms with E-state index in [-0.39, 0.29) is 0 Å². The first-order valence-corrected chi connectivity index (χ1v) is 12.1. The fourth-order valence-electron chi connectivity index (χ4n) is 0.0785. The first kappa shape index (κ1) is 13.1. The molecule has 0 unspecified atom stereocenters. The van der Waals surface area contributed by atoms with Crippen LogP contribution in [0.5, 0.6) is 0 Å². The Labute approximate surface area is 97.3 Å². The quantitative estimate of drug-likeness (QED) is 0.291. The molecule has 0 bridgehead atoms. The molecule has 0 aliphatic carbocycles. The molecule has 0 aromatic carbocycles. The molecule has 0 heterocycles. The molecule has 0 spiro atoms. The van der Waals surface area contributed by atoms with Crippen molar-refractivity contribution in [2.75, 3.05) is 0 Å². The SMILES string of the molecule is S=BSSSSSSSS. The van der Waals surface area contributed by atoms with E-state index in [0.29, 0.717) is 0 Å². The maximum atomic E-state index is 4.62. The predicted octanol–water partition coefficient (Wildman–Crippen LogP) is 5.19. The van der Waals surface area contributed by atoms with Crippen molar-refractivity contribution >= 4 is 98.8 Å². The number of hydrogen-bond donors (Lipinski definition) is 1. The van der Waals surface area contributed by atoms with Crippen molar-refractivity contribution in [3.63, 3.8) is 0 Å². The fourth-order valence-corrected chi connectivity index (χ4v) is 13.9. The maximum absolute atomic E-state index is 4.62. The summed E-state index contributed by atoms with van der Waals surface area (Å²) >= 11 is 8.58. The summed E-state index contributed by atoms with van der Waals surface area (Å²) in [5.74, 6) is 0. The van der Waals surface area contributed by atoms with Gasteiger partial charge in [0.05, 0.1) is 0 Å². The second kappa shape index (κ2) is 12.1. The average Bonchev–Trinajstić information content (AvgIpc) is 1.97. The van der Waals surface area contributed by atoms with E-state index >= 15 is 0 Å². The molecule has 0 radical (unpaired) electrons. The monoisotopic (exact) mass is 300 g/mol. The van der Waals surface area contributed by atoms with Gasteiger partial charge in [0.1, 0.15) is 0 Å². The molecule has 0 aliphatic heterocycles. The van der Waals surface area contributed by atoms with Crippen molar-refractivity contribution in [3.8, 4) is 0 Å². The minimum atomic E-state index is 1.46. The van der Waals surface area contributed by atoms with E-state index < -0.39 is 0 Å². The number of hydrogen-bond acceptors (Lipinski definition) is 9. The third-order valence-electron chi connectivity index (χ3n) is 0.220. The van der Waals surface area contributed by atoms with Crippen LogP contribution < -0.4 is 0 Å². The summed E-state index contributed by atoms with van der Waals surface area (Å²) in [5, 5.41) is 0. The van der Waals surface area contributed by atoms with Crippen molar-refractivity contribution in [2.45, 2.75) is 0 Å². The van der Waals surface area contributed by atoms with Gasteiger partial charge in [-0.1, -0.05) is 0 Å². The molecule has 58 valence electrons. The van der Waals surface area contributed by atoms with Crippen LogP contribution in [-0.2, 0) is 0 Å². The van der Waals surface area contributed by atoms with Crippen LogP contribution in [0.4, 0.5) is 0 Å². The van der Waals surface area contributed by atoms with E-state index in [4.69, 9.17) is 0 Å². The molecule has 0 rings (SSSR count). The fraction of sp³-hybridized carbons (Fsp3) is 0. The number of thiol groups is 1. The summed E-state index contributed by atoms with van der Waals surface area (Å²) in [4.78, 5) is 0. The molecule has 0 nitrogen and oxygen atoms in total. The molecular formula is HBS9. The van der Waals surface area contributed by atoms with Crippen molar-refractivity contribution in [1.82, 2.24) is 0 Å². The summed E-state index contributed by atoms with van der Waals surface area (Å²) in [7, 11) is 11.5. The van der Waals surface area contributed by atoms with Crippen molar-refractivity contribution < 1.29 is 0 Å². The Morgan fingerprint density at radius 1 is 1.00 bits per heavy atom. The normalized spacial score (nSPS) is 9.30. The van der Waals surface area contributed by atoms with E-state index in [2.05, 4.69) is 23.7 Å². The zero-order valence-corrected chi connectivity index (χ0v) is 11.7. The summed E-state index contributed by atoms with van der Waals surface area (Å²) in [6, 6.07) is 0. The molecule has 0 atom stereocenters. The van der Waals surface area contributed by atoms with Gasteiger partial charge in [0, 0.05) is 0 Å². The zero-order valence-electron chi connectivity index (χ0n) is 4.29. The molecule has 0 aromatic rings. The minimum absolute atomic E-state index is 1.46. The van der Waals surface area contributed by atoms with Gasteiger partial charge in [0.25, 0.3) is 0 Å². The van der Waals surface area contributed by atoms with Crippen LogP contribution in [0.1, 0.15) is 0 Å². The number of rotatable bonds is 7. The second-order valence-corrected chi connectivity index (χ2v) is 12.9. The molecule has 0 amide bonds. The molecular weight excluding hydrogens is 299 g/mol. The van der Waals surface area contributed by atoms with Crippen LogP contribution in [0, 0.1) is 0 Å². The van der Waals surface area contributed by atoms with Gasteiger partial charge in [0.2, 0.25) is 0 Å². The van der Waals surface area contributed by atoms with Crippen LogP contribution in [0.25, 0.3) is 0 Å². The summed E-state index contributed by atoms with van der Waals surface area (Å²) in [6.07, 6.45) is 0.